The molecule has 1 fully saturated rings. The molecule has 1 heterocycles. The van der Waals surface area contributed by atoms with Crippen LogP contribution in [0.15, 0.2) is 66.7 Å². The maximum absolute atomic E-state index is 14.3. The average molecular weight is 601 g/mol. The molecule has 0 radical (unpaired) electrons. The maximum Gasteiger partial charge on any atom is 0.251 e. The first kappa shape index (κ1) is 31.6. The van der Waals surface area contributed by atoms with Crippen molar-refractivity contribution in [3.05, 3.63) is 89.2 Å². The van der Waals surface area contributed by atoms with Crippen LogP contribution < -0.4 is 25.0 Å². The van der Waals surface area contributed by atoms with Gasteiger partial charge in [-0.15, -0.1) is 10.8 Å². The lowest BCUT2D eigenvalue weighted by molar-refractivity contribution is 0.0830. The SMILES string of the molecule is CCNc1cc(C(=O)N[C@@H](Cc2ccccc2)[C@@H](O)CNCc2cc(OC)ccc2F)cc(N2CCCCS2(O)O)c1. The summed E-state index contributed by atoms with van der Waals surface area (Å²) in [6, 6.07) is 18.6. The second kappa shape index (κ2) is 14.7. The molecule has 3 aromatic carbocycles. The fourth-order valence-electron chi connectivity index (χ4n) is 5.01. The largest absolute Gasteiger partial charge is 0.497 e. The number of ether oxygens (including phenoxy) is 1. The highest BCUT2D eigenvalue weighted by atomic mass is 32.3. The first-order valence-electron chi connectivity index (χ1n) is 14.2. The van der Waals surface area contributed by atoms with E-state index in [1.807, 2.05) is 43.3 Å². The molecule has 0 saturated carbocycles. The molecule has 11 heteroatoms. The summed E-state index contributed by atoms with van der Waals surface area (Å²) in [5, 5.41) is 20.5. The fourth-order valence-corrected chi connectivity index (χ4v) is 6.69. The number of aliphatic hydroxyl groups excluding tert-OH is 1. The van der Waals surface area contributed by atoms with Crippen molar-refractivity contribution < 1.29 is 28.1 Å². The van der Waals surface area contributed by atoms with Gasteiger partial charge in [-0.25, -0.2) is 4.39 Å². The predicted octanol–water partition coefficient (Wildman–Crippen LogP) is 5.02. The molecule has 0 bridgehead atoms. The van der Waals surface area contributed by atoms with E-state index < -0.39 is 28.8 Å². The van der Waals surface area contributed by atoms with Crippen molar-refractivity contribution in [1.29, 1.82) is 0 Å². The quantitative estimate of drug-likeness (QED) is 0.162. The van der Waals surface area contributed by atoms with Gasteiger partial charge in [-0.05, 0) is 68.1 Å². The van der Waals surface area contributed by atoms with Gasteiger partial charge < -0.3 is 25.8 Å². The van der Waals surface area contributed by atoms with E-state index in [1.165, 1.54) is 13.2 Å². The van der Waals surface area contributed by atoms with Gasteiger partial charge >= 0.3 is 0 Å². The van der Waals surface area contributed by atoms with Crippen molar-refractivity contribution in [3.8, 4) is 5.75 Å². The Kier molecular flexibility index (Phi) is 11.1. The first-order chi connectivity index (χ1) is 20.2. The summed E-state index contributed by atoms with van der Waals surface area (Å²) in [6.07, 6.45) is 0.931. The maximum atomic E-state index is 14.3. The molecule has 42 heavy (non-hydrogen) atoms. The number of halogens is 1. The van der Waals surface area contributed by atoms with Gasteiger partial charge in [0.25, 0.3) is 5.91 Å². The monoisotopic (exact) mass is 600 g/mol. The Balaban J connectivity index is 1.53. The number of carbonyl (C=O) groups is 1. The highest BCUT2D eigenvalue weighted by molar-refractivity contribution is 8.25. The lowest BCUT2D eigenvalue weighted by atomic mass is 10.00. The summed E-state index contributed by atoms with van der Waals surface area (Å²) < 4.78 is 42.5. The van der Waals surface area contributed by atoms with Gasteiger partial charge in [-0.3, -0.25) is 18.2 Å². The molecule has 2 atom stereocenters. The van der Waals surface area contributed by atoms with Gasteiger partial charge in [0.1, 0.15) is 11.6 Å². The van der Waals surface area contributed by atoms with Gasteiger partial charge in [0, 0.05) is 43.0 Å². The molecule has 1 aliphatic rings. The number of hydrogen-bond donors (Lipinski definition) is 6. The van der Waals surface area contributed by atoms with E-state index in [9.17, 15) is 23.4 Å². The van der Waals surface area contributed by atoms with Gasteiger partial charge in [0.05, 0.1) is 30.7 Å². The van der Waals surface area contributed by atoms with Crippen LogP contribution in [0.25, 0.3) is 0 Å². The minimum Gasteiger partial charge on any atom is -0.497 e. The first-order valence-corrected chi connectivity index (χ1v) is 15.9. The number of aliphatic hydroxyl groups is 1. The van der Waals surface area contributed by atoms with Gasteiger partial charge in [0.2, 0.25) is 0 Å². The Morgan fingerprint density at radius 1 is 1.10 bits per heavy atom. The van der Waals surface area contributed by atoms with E-state index >= 15 is 0 Å². The van der Waals surface area contributed by atoms with Crippen molar-refractivity contribution in [2.24, 2.45) is 0 Å². The smallest absolute Gasteiger partial charge is 0.251 e. The van der Waals surface area contributed by atoms with E-state index in [0.29, 0.717) is 47.8 Å². The van der Waals surface area contributed by atoms with Crippen molar-refractivity contribution >= 4 is 28.1 Å². The third-order valence-electron chi connectivity index (χ3n) is 7.23. The van der Waals surface area contributed by atoms with E-state index in [1.54, 1.807) is 28.6 Å². The van der Waals surface area contributed by atoms with Gasteiger partial charge in [-0.2, -0.15) is 0 Å². The second-order valence-corrected chi connectivity index (χ2v) is 12.5. The summed E-state index contributed by atoms with van der Waals surface area (Å²) >= 11 is 0. The molecule has 1 amide bonds. The third-order valence-corrected chi connectivity index (χ3v) is 9.17. The number of methoxy groups -OCH3 is 1. The average Bonchev–Trinajstić information content (AvgIpc) is 2.98. The Bertz CT molecular complexity index is 1330. The molecule has 9 nitrogen and oxygen atoms in total. The van der Waals surface area contributed by atoms with Gasteiger partial charge in [-0.1, -0.05) is 30.3 Å². The molecule has 3 aromatic rings. The van der Waals surface area contributed by atoms with Crippen molar-refractivity contribution in [2.45, 2.75) is 44.9 Å². The summed E-state index contributed by atoms with van der Waals surface area (Å²) in [7, 11) is -1.46. The van der Waals surface area contributed by atoms with Crippen LogP contribution in [-0.2, 0) is 13.0 Å². The lowest BCUT2D eigenvalue weighted by Crippen LogP contribution is -2.48. The molecule has 6 N–H and O–H groups in total. The number of anilines is 2. The normalized spacial score (nSPS) is 16.8. The van der Waals surface area contributed by atoms with Crippen LogP contribution in [0.1, 0.15) is 41.3 Å². The van der Waals surface area contributed by atoms with E-state index in [4.69, 9.17) is 4.74 Å². The van der Waals surface area contributed by atoms with Crippen LogP contribution in [0.4, 0.5) is 15.8 Å². The minimum atomic E-state index is -2.98. The number of rotatable bonds is 13. The highest BCUT2D eigenvalue weighted by Crippen LogP contribution is 2.50. The van der Waals surface area contributed by atoms with E-state index in [-0.39, 0.29) is 24.7 Å². The fraction of sp³-hybridized carbons (Fsp3) is 0.387. The molecular weight excluding hydrogens is 559 g/mol. The summed E-state index contributed by atoms with van der Waals surface area (Å²) in [4.78, 5) is 13.6. The van der Waals surface area contributed by atoms with Crippen molar-refractivity contribution in [2.75, 3.05) is 42.1 Å². The molecule has 0 spiro atoms. The Hall–Kier alpha value is -3.35. The highest BCUT2D eigenvalue weighted by Gasteiger charge is 2.28. The number of nitrogens with one attached hydrogen (secondary N) is 3. The number of benzene rings is 3. The Morgan fingerprint density at radius 2 is 1.88 bits per heavy atom. The molecule has 0 aromatic heterocycles. The molecule has 1 saturated heterocycles. The van der Waals surface area contributed by atoms with Crippen molar-refractivity contribution in [3.63, 3.8) is 0 Å². The summed E-state index contributed by atoms with van der Waals surface area (Å²) in [5.74, 6) is 0.0441. The third kappa shape index (κ3) is 8.36. The topological polar surface area (TPSA) is 126 Å². The zero-order chi connectivity index (χ0) is 30.1. The van der Waals surface area contributed by atoms with Crippen molar-refractivity contribution in [1.82, 2.24) is 10.6 Å². The molecule has 4 rings (SSSR count). The molecule has 0 unspecified atom stereocenters. The summed E-state index contributed by atoms with van der Waals surface area (Å²) in [5.41, 5.74) is 2.91. The van der Waals surface area contributed by atoms with Crippen LogP contribution >= 0.6 is 10.8 Å². The Morgan fingerprint density at radius 3 is 2.60 bits per heavy atom. The second-order valence-electron chi connectivity index (χ2n) is 10.4. The molecule has 1 aliphatic heterocycles. The number of amides is 1. The van der Waals surface area contributed by atoms with E-state index in [2.05, 4.69) is 16.0 Å². The number of hydrogen-bond acceptors (Lipinski definition) is 8. The molecular formula is C31H41FN4O5S. The van der Waals surface area contributed by atoms with E-state index in [0.717, 1.165) is 18.4 Å². The number of carbonyl (C=O) groups excluding carboxylic acids is 1. The van der Waals surface area contributed by atoms with Crippen LogP contribution in [0.2, 0.25) is 0 Å². The lowest BCUT2D eigenvalue weighted by Gasteiger charge is -2.47. The van der Waals surface area contributed by atoms with Crippen LogP contribution in [0.5, 0.6) is 5.75 Å². The van der Waals surface area contributed by atoms with Crippen LogP contribution in [-0.4, -0.2) is 64.8 Å². The number of nitrogens with zero attached hydrogens (tertiary/aromatic N) is 1. The standard InChI is InChI=1S/C31H41FN4O5S/c1-3-34-25-16-23(17-26(19-25)36-13-7-8-14-42(36,39)40)31(38)35-29(15-22-9-5-4-6-10-22)30(37)21-33-20-24-18-27(41-2)11-12-28(24)32/h4-6,9-12,16-19,29-30,33-34,37,39-40H,3,7-8,13-15,20-21H2,1-2H3,(H,35,38)/t29-,30-/m0/s1. The Labute approximate surface area is 248 Å². The van der Waals surface area contributed by atoms with Crippen LogP contribution in [0.3, 0.4) is 0 Å². The predicted molar refractivity (Wildman–Crippen MR) is 167 cm³/mol. The summed E-state index contributed by atoms with van der Waals surface area (Å²) in [6.45, 7) is 3.31. The minimum absolute atomic E-state index is 0.103. The molecule has 0 aliphatic carbocycles. The molecule has 228 valence electrons. The van der Waals surface area contributed by atoms with Crippen LogP contribution in [0, 0.1) is 5.82 Å². The zero-order valence-electron chi connectivity index (χ0n) is 24.1. The van der Waals surface area contributed by atoms with Gasteiger partial charge in [0.15, 0.2) is 0 Å². The zero-order valence-corrected chi connectivity index (χ0v) is 24.9.